The van der Waals surface area contributed by atoms with Crippen molar-refractivity contribution in [2.75, 3.05) is 26.2 Å². The molecule has 0 unspecified atom stereocenters. The molecule has 1 aromatic heterocycles. The third kappa shape index (κ3) is 4.01. The number of halogens is 1. The summed E-state index contributed by atoms with van der Waals surface area (Å²) >= 11 is 0. The molecule has 2 aromatic rings. The molecule has 0 radical (unpaired) electrons. The lowest BCUT2D eigenvalue weighted by molar-refractivity contribution is 0.172. The van der Waals surface area contributed by atoms with E-state index in [0.29, 0.717) is 12.5 Å². The van der Waals surface area contributed by atoms with Gasteiger partial charge >= 0.3 is 0 Å². The predicted octanol–water partition coefficient (Wildman–Crippen LogP) is 2.87. The van der Waals surface area contributed by atoms with Gasteiger partial charge in [-0.3, -0.25) is 14.9 Å². The molecule has 0 aliphatic carbocycles. The Morgan fingerprint density at radius 2 is 1.91 bits per heavy atom. The second-order valence-corrected chi connectivity index (χ2v) is 5.55. The van der Waals surface area contributed by atoms with Gasteiger partial charge < -0.3 is 4.74 Å². The molecule has 1 fully saturated rings. The van der Waals surface area contributed by atoms with E-state index >= 15 is 0 Å². The van der Waals surface area contributed by atoms with Gasteiger partial charge in [-0.25, -0.2) is 4.39 Å². The highest BCUT2D eigenvalue weighted by molar-refractivity contribution is 5.22. The molecule has 116 valence electrons. The SMILES string of the molecule is Fc1ccc(OCCN2CCC(c3cnccn3)CC2)cc1. The van der Waals surface area contributed by atoms with Crippen LogP contribution in [0.15, 0.2) is 42.9 Å². The third-order valence-electron chi connectivity index (χ3n) is 4.08. The minimum absolute atomic E-state index is 0.238. The smallest absolute Gasteiger partial charge is 0.123 e. The third-order valence-corrected chi connectivity index (χ3v) is 4.08. The minimum atomic E-state index is -0.238. The van der Waals surface area contributed by atoms with Crippen molar-refractivity contribution in [2.45, 2.75) is 18.8 Å². The molecule has 0 amide bonds. The van der Waals surface area contributed by atoms with Gasteiger partial charge in [0.25, 0.3) is 0 Å². The highest BCUT2D eigenvalue weighted by atomic mass is 19.1. The summed E-state index contributed by atoms with van der Waals surface area (Å²) in [7, 11) is 0. The van der Waals surface area contributed by atoms with Crippen LogP contribution in [0, 0.1) is 5.82 Å². The second-order valence-electron chi connectivity index (χ2n) is 5.55. The molecule has 1 aliphatic heterocycles. The molecule has 0 atom stereocenters. The van der Waals surface area contributed by atoms with Crippen LogP contribution in [0.3, 0.4) is 0 Å². The Labute approximate surface area is 130 Å². The van der Waals surface area contributed by atoms with Gasteiger partial charge in [0.15, 0.2) is 0 Å². The molecule has 0 N–H and O–H groups in total. The minimum Gasteiger partial charge on any atom is -0.492 e. The number of likely N-dealkylation sites (tertiary alicyclic amines) is 1. The summed E-state index contributed by atoms with van der Waals surface area (Å²) in [4.78, 5) is 10.9. The van der Waals surface area contributed by atoms with Crippen LogP contribution in [-0.4, -0.2) is 41.1 Å². The summed E-state index contributed by atoms with van der Waals surface area (Å²) in [6.45, 7) is 3.62. The molecule has 3 rings (SSSR count). The number of piperidine rings is 1. The van der Waals surface area contributed by atoms with Crippen molar-refractivity contribution < 1.29 is 9.13 Å². The summed E-state index contributed by atoms with van der Waals surface area (Å²) in [6.07, 6.45) is 7.56. The Hall–Kier alpha value is -2.01. The Morgan fingerprint density at radius 3 is 2.59 bits per heavy atom. The molecule has 0 spiro atoms. The van der Waals surface area contributed by atoms with Gasteiger partial charge in [-0.2, -0.15) is 0 Å². The van der Waals surface area contributed by atoms with Crippen molar-refractivity contribution in [3.63, 3.8) is 0 Å². The molecule has 22 heavy (non-hydrogen) atoms. The quantitative estimate of drug-likeness (QED) is 0.851. The molecule has 1 saturated heterocycles. The van der Waals surface area contributed by atoms with E-state index in [1.807, 2.05) is 6.20 Å². The maximum absolute atomic E-state index is 12.8. The van der Waals surface area contributed by atoms with E-state index in [4.69, 9.17) is 4.74 Å². The zero-order chi connectivity index (χ0) is 15.2. The van der Waals surface area contributed by atoms with Gasteiger partial charge in [0.2, 0.25) is 0 Å². The maximum Gasteiger partial charge on any atom is 0.123 e. The van der Waals surface area contributed by atoms with E-state index in [0.717, 1.165) is 43.9 Å². The Morgan fingerprint density at radius 1 is 1.14 bits per heavy atom. The fraction of sp³-hybridized carbons (Fsp3) is 0.412. The van der Waals surface area contributed by atoms with Crippen LogP contribution in [-0.2, 0) is 0 Å². The number of aromatic nitrogens is 2. The second kappa shape index (κ2) is 7.31. The van der Waals surface area contributed by atoms with Gasteiger partial charge in [0.05, 0.1) is 5.69 Å². The normalized spacial score (nSPS) is 16.6. The summed E-state index contributed by atoms with van der Waals surface area (Å²) < 4.78 is 18.4. The average Bonchev–Trinajstić information content (AvgIpc) is 2.58. The van der Waals surface area contributed by atoms with E-state index in [9.17, 15) is 4.39 Å². The lowest BCUT2D eigenvalue weighted by atomic mass is 9.94. The number of hydrogen-bond donors (Lipinski definition) is 0. The molecular weight excluding hydrogens is 281 g/mol. The van der Waals surface area contributed by atoms with E-state index < -0.39 is 0 Å². The lowest BCUT2D eigenvalue weighted by Gasteiger charge is -2.31. The van der Waals surface area contributed by atoms with E-state index in [-0.39, 0.29) is 5.82 Å². The molecule has 5 heteroatoms. The standard InChI is InChI=1S/C17H20FN3O/c18-15-1-3-16(4-2-15)22-12-11-21-9-5-14(6-10-21)17-13-19-7-8-20-17/h1-4,7-8,13-14H,5-6,9-12H2. The predicted molar refractivity (Wildman–Crippen MR) is 82.3 cm³/mol. The molecule has 0 bridgehead atoms. The Kier molecular flexibility index (Phi) is 4.96. The number of ether oxygens (including phenoxy) is 1. The van der Waals surface area contributed by atoms with Gasteiger partial charge in [-0.15, -0.1) is 0 Å². The van der Waals surface area contributed by atoms with Crippen molar-refractivity contribution in [3.8, 4) is 5.75 Å². The summed E-state index contributed by atoms with van der Waals surface area (Å²) in [5.41, 5.74) is 1.10. The van der Waals surface area contributed by atoms with Crippen LogP contribution in [0.5, 0.6) is 5.75 Å². The lowest BCUT2D eigenvalue weighted by Crippen LogP contribution is -2.36. The van der Waals surface area contributed by atoms with E-state index in [1.165, 1.54) is 12.1 Å². The largest absolute Gasteiger partial charge is 0.492 e. The van der Waals surface area contributed by atoms with Crippen molar-refractivity contribution in [1.29, 1.82) is 0 Å². The van der Waals surface area contributed by atoms with Crippen molar-refractivity contribution in [1.82, 2.24) is 14.9 Å². The van der Waals surface area contributed by atoms with Crippen LogP contribution >= 0.6 is 0 Å². The number of benzene rings is 1. The Balaban J connectivity index is 1.40. The average molecular weight is 301 g/mol. The monoisotopic (exact) mass is 301 g/mol. The highest BCUT2D eigenvalue weighted by Crippen LogP contribution is 2.25. The van der Waals surface area contributed by atoms with Crippen LogP contribution in [0.25, 0.3) is 0 Å². The first-order valence-corrected chi connectivity index (χ1v) is 7.68. The molecule has 2 heterocycles. The maximum atomic E-state index is 12.8. The topological polar surface area (TPSA) is 38.2 Å². The Bertz CT molecular complexity index is 568. The number of hydrogen-bond acceptors (Lipinski definition) is 4. The van der Waals surface area contributed by atoms with Gasteiger partial charge in [-0.1, -0.05) is 0 Å². The first kappa shape index (κ1) is 14.9. The number of rotatable bonds is 5. The van der Waals surface area contributed by atoms with Crippen LogP contribution in [0.1, 0.15) is 24.5 Å². The summed E-state index contributed by atoms with van der Waals surface area (Å²) in [5, 5.41) is 0. The van der Waals surface area contributed by atoms with Gasteiger partial charge in [0, 0.05) is 31.1 Å². The summed E-state index contributed by atoms with van der Waals surface area (Å²) in [6, 6.07) is 6.16. The number of nitrogens with zero attached hydrogens (tertiary/aromatic N) is 3. The summed E-state index contributed by atoms with van der Waals surface area (Å²) in [5.74, 6) is 0.997. The van der Waals surface area contributed by atoms with Crippen LogP contribution < -0.4 is 4.74 Å². The van der Waals surface area contributed by atoms with Crippen LogP contribution in [0.2, 0.25) is 0 Å². The van der Waals surface area contributed by atoms with Crippen molar-refractivity contribution in [3.05, 3.63) is 54.4 Å². The van der Waals surface area contributed by atoms with E-state index in [2.05, 4.69) is 14.9 Å². The fourth-order valence-electron chi connectivity index (χ4n) is 2.80. The fourth-order valence-corrected chi connectivity index (χ4v) is 2.80. The first-order chi connectivity index (χ1) is 10.8. The zero-order valence-corrected chi connectivity index (χ0v) is 12.5. The van der Waals surface area contributed by atoms with Crippen molar-refractivity contribution in [2.24, 2.45) is 0 Å². The van der Waals surface area contributed by atoms with Gasteiger partial charge in [0.1, 0.15) is 18.2 Å². The molecular formula is C17H20FN3O. The van der Waals surface area contributed by atoms with Crippen LogP contribution in [0.4, 0.5) is 4.39 Å². The highest BCUT2D eigenvalue weighted by Gasteiger charge is 2.21. The van der Waals surface area contributed by atoms with Gasteiger partial charge in [-0.05, 0) is 50.2 Å². The van der Waals surface area contributed by atoms with E-state index in [1.54, 1.807) is 24.5 Å². The molecule has 4 nitrogen and oxygen atoms in total. The zero-order valence-electron chi connectivity index (χ0n) is 12.5. The first-order valence-electron chi connectivity index (χ1n) is 7.68. The molecule has 1 aliphatic rings. The molecule has 0 saturated carbocycles. The molecule has 1 aromatic carbocycles. The van der Waals surface area contributed by atoms with Crippen molar-refractivity contribution >= 4 is 0 Å².